The molecule has 1 heterocycles. The molecule has 1 aromatic rings. The van der Waals surface area contributed by atoms with Crippen molar-refractivity contribution in [3.63, 3.8) is 0 Å². The molecule has 0 spiro atoms. The molecule has 9 heteroatoms. The highest BCUT2D eigenvalue weighted by atomic mass is 35.5. The van der Waals surface area contributed by atoms with Crippen LogP contribution in [0.15, 0.2) is 18.2 Å². The standard InChI is InChI=1S/C16H15Cl2N3O4/c17-10-6-3-7-11(13(10)18)19-12(22)8-20-14(23)15(24)21(16(20)25)9-4-1-2-5-9/h3,6-7,9H,1-2,4-5,8H2,(H,19,22). The fourth-order valence-electron chi connectivity index (χ4n) is 3.08. The van der Waals surface area contributed by atoms with Crippen molar-refractivity contribution in [2.75, 3.05) is 11.9 Å². The van der Waals surface area contributed by atoms with Gasteiger partial charge in [0.05, 0.1) is 15.7 Å². The van der Waals surface area contributed by atoms with E-state index in [-0.39, 0.29) is 21.8 Å². The van der Waals surface area contributed by atoms with E-state index in [1.54, 1.807) is 12.1 Å². The number of anilines is 1. The van der Waals surface area contributed by atoms with Gasteiger partial charge >= 0.3 is 17.8 Å². The molecule has 1 aromatic carbocycles. The number of hydrogen-bond donors (Lipinski definition) is 1. The van der Waals surface area contributed by atoms with Gasteiger partial charge in [-0.25, -0.2) is 9.69 Å². The van der Waals surface area contributed by atoms with Crippen molar-refractivity contribution in [3.8, 4) is 0 Å². The Hall–Kier alpha value is -2.12. The van der Waals surface area contributed by atoms with Crippen LogP contribution >= 0.6 is 23.2 Å². The van der Waals surface area contributed by atoms with E-state index in [0.29, 0.717) is 17.7 Å². The Kier molecular flexibility index (Phi) is 4.96. The molecule has 1 aliphatic carbocycles. The Morgan fingerprint density at radius 1 is 1.12 bits per heavy atom. The Balaban J connectivity index is 1.70. The lowest BCUT2D eigenvalue weighted by atomic mass is 10.2. The lowest BCUT2D eigenvalue weighted by Crippen LogP contribution is -2.41. The molecule has 7 nitrogen and oxygen atoms in total. The fraction of sp³-hybridized carbons (Fsp3) is 0.375. The third-order valence-electron chi connectivity index (χ3n) is 4.30. The van der Waals surface area contributed by atoms with E-state index in [2.05, 4.69) is 5.32 Å². The minimum atomic E-state index is -0.982. The van der Waals surface area contributed by atoms with Crippen LogP contribution in [0.25, 0.3) is 0 Å². The average molecular weight is 384 g/mol. The minimum absolute atomic E-state index is 0.153. The first-order valence-electron chi connectivity index (χ1n) is 7.83. The monoisotopic (exact) mass is 383 g/mol. The first-order valence-corrected chi connectivity index (χ1v) is 8.58. The van der Waals surface area contributed by atoms with Gasteiger partial charge in [0.2, 0.25) is 5.91 Å². The molecular weight excluding hydrogens is 369 g/mol. The molecule has 1 saturated carbocycles. The van der Waals surface area contributed by atoms with Gasteiger partial charge in [0.25, 0.3) is 0 Å². The molecule has 132 valence electrons. The van der Waals surface area contributed by atoms with Crippen molar-refractivity contribution >= 4 is 52.6 Å². The Bertz CT molecular complexity index is 762. The van der Waals surface area contributed by atoms with Crippen molar-refractivity contribution in [2.45, 2.75) is 31.7 Å². The number of benzene rings is 1. The third-order valence-corrected chi connectivity index (χ3v) is 5.12. The van der Waals surface area contributed by atoms with Gasteiger partial charge in [0, 0.05) is 6.04 Å². The van der Waals surface area contributed by atoms with E-state index in [4.69, 9.17) is 23.2 Å². The number of amides is 5. The Labute approximate surface area is 153 Å². The second kappa shape index (κ2) is 7.01. The van der Waals surface area contributed by atoms with Crippen LogP contribution in [0.4, 0.5) is 10.5 Å². The zero-order valence-electron chi connectivity index (χ0n) is 13.1. The molecule has 0 aromatic heterocycles. The number of carbonyl (C=O) groups excluding carboxylic acids is 4. The number of urea groups is 1. The summed E-state index contributed by atoms with van der Waals surface area (Å²) in [6.45, 7) is -0.560. The predicted molar refractivity (Wildman–Crippen MR) is 91.3 cm³/mol. The maximum atomic E-state index is 12.4. The van der Waals surface area contributed by atoms with Crippen LogP contribution in [0.2, 0.25) is 10.0 Å². The summed E-state index contributed by atoms with van der Waals surface area (Å²) in [5, 5.41) is 2.90. The normalized spacial score (nSPS) is 18.4. The number of nitrogens with zero attached hydrogens (tertiary/aromatic N) is 2. The zero-order chi connectivity index (χ0) is 18.1. The average Bonchev–Trinajstić information content (AvgIpc) is 3.16. The molecule has 3 rings (SSSR count). The van der Waals surface area contributed by atoms with E-state index in [1.807, 2.05) is 0 Å². The quantitative estimate of drug-likeness (QED) is 0.639. The highest BCUT2D eigenvalue weighted by Crippen LogP contribution is 2.30. The molecule has 1 saturated heterocycles. The van der Waals surface area contributed by atoms with Crippen molar-refractivity contribution in [1.29, 1.82) is 0 Å². The molecule has 2 fully saturated rings. The molecular formula is C16H15Cl2N3O4. The van der Waals surface area contributed by atoms with Crippen LogP contribution < -0.4 is 5.32 Å². The molecule has 1 aliphatic heterocycles. The molecule has 25 heavy (non-hydrogen) atoms. The summed E-state index contributed by atoms with van der Waals surface area (Å²) in [6.07, 6.45) is 3.18. The Morgan fingerprint density at radius 3 is 2.48 bits per heavy atom. The van der Waals surface area contributed by atoms with Crippen LogP contribution in [-0.2, 0) is 14.4 Å². The molecule has 0 unspecified atom stereocenters. The number of nitrogens with one attached hydrogen (secondary N) is 1. The van der Waals surface area contributed by atoms with Crippen LogP contribution in [-0.4, -0.2) is 46.1 Å². The van der Waals surface area contributed by atoms with Gasteiger partial charge in [-0.2, -0.15) is 0 Å². The van der Waals surface area contributed by atoms with Crippen molar-refractivity contribution in [3.05, 3.63) is 28.2 Å². The maximum absolute atomic E-state index is 12.4. The fourth-order valence-corrected chi connectivity index (χ4v) is 3.43. The number of carbonyl (C=O) groups is 4. The first-order chi connectivity index (χ1) is 11.9. The van der Waals surface area contributed by atoms with Gasteiger partial charge in [0.15, 0.2) is 0 Å². The largest absolute Gasteiger partial charge is 0.334 e. The maximum Gasteiger partial charge on any atom is 0.334 e. The van der Waals surface area contributed by atoms with Gasteiger partial charge in [-0.15, -0.1) is 0 Å². The topological polar surface area (TPSA) is 86.8 Å². The number of imide groups is 2. The van der Waals surface area contributed by atoms with Crippen molar-refractivity contribution in [2.24, 2.45) is 0 Å². The van der Waals surface area contributed by atoms with Gasteiger partial charge in [0.1, 0.15) is 6.54 Å². The second-order valence-electron chi connectivity index (χ2n) is 5.94. The molecule has 2 aliphatic rings. The lowest BCUT2D eigenvalue weighted by Gasteiger charge is -2.20. The summed E-state index contributed by atoms with van der Waals surface area (Å²) in [5.74, 6) is -2.50. The predicted octanol–water partition coefficient (Wildman–Crippen LogP) is 2.67. The van der Waals surface area contributed by atoms with Crippen LogP contribution in [0.5, 0.6) is 0 Å². The SMILES string of the molecule is O=C(CN1C(=O)C(=O)N(C2CCCC2)C1=O)Nc1cccc(Cl)c1Cl. The van der Waals surface area contributed by atoms with Crippen LogP contribution in [0.1, 0.15) is 25.7 Å². The number of hydrogen-bond acceptors (Lipinski definition) is 4. The van der Waals surface area contributed by atoms with Gasteiger partial charge in [-0.1, -0.05) is 42.1 Å². The molecule has 0 atom stereocenters. The molecule has 0 bridgehead atoms. The van der Waals surface area contributed by atoms with Gasteiger partial charge in [-0.05, 0) is 25.0 Å². The second-order valence-corrected chi connectivity index (χ2v) is 6.72. The summed E-state index contributed by atoms with van der Waals surface area (Å²) < 4.78 is 0. The van der Waals surface area contributed by atoms with E-state index in [1.165, 1.54) is 6.07 Å². The summed E-state index contributed by atoms with van der Waals surface area (Å²) in [5.41, 5.74) is 0.261. The van der Waals surface area contributed by atoms with Crippen molar-refractivity contribution in [1.82, 2.24) is 9.80 Å². The molecule has 0 radical (unpaired) electrons. The zero-order valence-corrected chi connectivity index (χ0v) is 14.6. The third kappa shape index (κ3) is 3.34. The highest BCUT2D eigenvalue weighted by Gasteiger charge is 2.48. The summed E-state index contributed by atoms with van der Waals surface area (Å²) in [7, 11) is 0. The number of halogens is 2. The minimum Gasteiger partial charge on any atom is -0.323 e. The van der Waals surface area contributed by atoms with E-state index in [0.717, 1.165) is 17.7 Å². The Morgan fingerprint density at radius 2 is 1.80 bits per heavy atom. The van der Waals surface area contributed by atoms with E-state index < -0.39 is 30.3 Å². The van der Waals surface area contributed by atoms with Crippen LogP contribution in [0.3, 0.4) is 0 Å². The summed E-state index contributed by atoms with van der Waals surface area (Å²) in [6, 6.07) is 3.69. The molecule has 5 amide bonds. The first kappa shape index (κ1) is 17.7. The van der Waals surface area contributed by atoms with Gasteiger partial charge < -0.3 is 5.32 Å². The lowest BCUT2D eigenvalue weighted by molar-refractivity contribution is -0.144. The smallest absolute Gasteiger partial charge is 0.323 e. The van der Waals surface area contributed by atoms with E-state index in [9.17, 15) is 19.2 Å². The van der Waals surface area contributed by atoms with Crippen molar-refractivity contribution < 1.29 is 19.2 Å². The summed E-state index contributed by atoms with van der Waals surface area (Å²) in [4.78, 5) is 50.4. The number of rotatable bonds is 4. The molecule has 1 N–H and O–H groups in total. The highest BCUT2D eigenvalue weighted by molar-refractivity contribution is 6.45. The van der Waals surface area contributed by atoms with Crippen LogP contribution in [0, 0.1) is 0 Å². The summed E-state index contributed by atoms with van der Waals surface area (Å²) >= 11 is 11.9. The van der Waals surface area contributed by atoms with E-state index >= 15 is 0 Å². The van der Waals surface area contributed by atoms with Gasteiger partial charge in [-0.3, -0.25) is 19.3 Å².